The summed E-state index contributed by atoms with van der Waals surface area (Å²) in [7, 11) is 0. The Hall–Kier alpha value is -1.31. The summed E-state index contributed by atoms with van der Waals surface area (Å²) in [4.78, 5) is 10.1. The molecule has 2 rings (SSSR count). The van der Waals surface area contributed by atoms with Crippen LogP contribution >= 0.6 is 11.3 Å². The molecule has 1 aromatic rings. The zero-order chi connectivity index (χ0) is 13.1. The third-order valence-electron chi connectivity index (χ3n) is 2.24. The van der Waals surface area contributed by atoms with Crippen LogP contribution in [0.1, 0.15) is 24.8 Å². The molecule has 4 heteroatoms. The highest BCUT2D eigenvalue weighted by Crippen LogP contribution is 2.26. The lowest BCUT2D eigenvalue weighted by Gasteiger charge is -1.89. The van der Waals surface area contributed by atoms with Crippen molar-refractivity contribution in [2.24, 2.45) is 11.7 Å². The van der Waals surface area contributed by atoms with E-state index in [0.717, 1.165) is 18.0 Å². The van der Waals surface area contributed by atoms with Crippen molar-refractivity contribution in [1.82, 2.24) is 0 Å². The molecule has 0 aliphatic heterocycles. The topological polar surface area (TPSA) is 63.3 Å². The van der Waals surface area contributed by atoms with E-state index in [1.54, 1.807) is 11.3 Å². The summed E-state index contributed by atoms with van der Waals surface area (Å²) in [5, 5.41) is 12.2. The molecule has 1 aliphatic carbocycles. The second-order valence-corrected chi connectivity index (χ2v) is 4.48. The summed E-state index contributed by atoms with van der Waals surface area (Å²) in [5.41, 5.74) is 6.35. The predicted octanol–water partition coefficient (Wildman–Crippen LogP) is 2.37. The number of hydrogen-bond donors (Lipinski definition) is 2. The van der Waals surface area contributed by atoms with Gasteiger partial charge in [-0.25, -0.2) is 0 Å². The van der Waals surface area contributed by atoms with Crippen molar-refractivity contribution in [2.45, 2.75) is 25.7 Å². The molecule has 1 aliphatic rings. The fraction of sp³-hybridized carbons (Fsp3) is 0.462. The van der Waals surface area contributed by atoms with Gasteiger partial charge in [-0.1, -0.05) is 0 Å². The summed E-state index contributed by atoms with van der Waals surface area (Å²) in [6.45, 7) is 0.917. The van der Waals surface area contributed by atoms with Crippen molar-refractivity contribution >= 4 is 17.3 Å². The maximum absolute atomic E-state index is 10.1. The van der Waals surface area contributed by atoms with Gasteiger partial charge < -0.3 is 10.8 Å². The molecule has 3 nitrogen and oxygen atoms in total. The highest BCUT2D eigenvalue weighted by molar-refractivity contribution is 7.07. The lowest BCUT2D eigenvalue weighted by atomic mass is 10.2. The molecular weight excluding hydrogens is 234 g/mol. The van der Waals surface area contributed by atoms with E-state index in [0.29, 0.717) is 6.42 Å². The first-order valence-corrected chi connectivity index (χ1v) is 6.43. The Morgan fingerprint density at radius 2 is 2.18 bits per heavy atom. The van der Waals surface area contributed by atoms with Gasteiger partial charge >= 0.3 is 5.97 Å². The maximum atomic E-state index is 10.1. The summed E-state index contributed by atoms with van der Waals surface area (Å²) in [5.74, 6) is 0.182. The zero-order valence-electron chi connectivity index (χ0n) is 9.84. The van der Waals surface area contributed by atoms with Gasteiger partial charge in [0.2, 0.25) is 0 Å². The molecule has 0 bridgehead atoms. The molecule has 0 saturated heterocycles. The molecule has 0 unspecified atom stereocenters. The lowest BCUT2D eigenvalue weighted by Crippen LogP contribution is -1.98. The number of hydrogen-bond acceptors (Lipinski definition) is 3. The third-order valence-corrected chi connectivity index (χ3v) is 2.97. The number of carboxylic acid groups (broad SMARTS) is 1. The molecule has 1 heterocycles. The van der Waals surface area contributed by atoms with Crippen LogP contribution in [0.25, 0.3) is 0 Å². The normalized spacial score (nSPS) is 12.6. The van der Waals surface area contributed by atoms with Gasteiger partial charge in [-0.15, -0.1) is 12.8 Å². The SMILES string of the molecule is C#C.NCC1CC1.O=C(O)CCc1ccsc1. The van der Waals surface area contributed by atoms with E-state index in [9.17, 15) is 4.79 Å². The van der Waals surface area contributed by atoms with Gasteiger partial charge in [0.25, 0.3) is 0 Å². The number of terminal acetylenes is 1. The van der Waals surface area contributed by atoms with E-state index in [-0.39, 0.29) is 6.42 Å². The van der Waals surface area contributed by atoms with E-state index < -0.39 is 5.97 Å². The minimum absolute atomic E-state index is 0.233. The van der Waals surface area contributed by atoms with Gasteiger partial charge in [-0.05, 0) is 54.1 Å². The van der Waals surface area contributed by atoms with E-state index in [4.69, 9.17) is 10.8 Å². The average molecular weight is 253 g/mol. The van der Waals surface area contributed by atoms with Crippen LogP contribution in [0.5, 0.6) is 0 Å². The second-order valence-electron chi connectivity index (χ2n) is 3.70. The van der Waals surface area contributed by atoms with Crippen LogP contribution in [0.2, 0.25) is 0 Å². The number of aliphatic carboxylic acids is 1. The molecule has 1 fully saturated rings. The maximum Gasteiger partial charge on any atom is 0.303 e. The summed E-state index contributed by atoms with van der Waals surface area (Å²) < 4.78 is 0. The van der Waals surface area contributed by atoms with Crippen LogP contribution in [0.4, 0.5) is 0 Å². The smallest absolute Gasteiger partial charge is 0.303 e. The van der Waals surface area contributed by atoms with Crippen LogP contribution in [0, 0.1) is 18.8 Å². The van der Waals surface area contributed by atoms with Crippen molar-refractivity contribution in [3.63, 3.8) is 0 Å². The number of nitrogens with two attached hydrogens (primary N) is 1. The minimum atomic E-state index is -0.730. The minimum Gasteiger partial charge on any atom is -0.481 e. The van der Waals surface area contributed by atoms with Gasteiger partial charge in [-0.3, -0.25) is 4.79 Å². The fourth-order valence-corrected chi connectivity index (χ4v) is 1.74. The van der Waals surface area contributed by atoms with Gasteiger partial charge in [0.05, 0.1) is 0 Å². The van der Waals surface area contributed by atoms with Crippen molar-refractivity contribution in [3.05, 3.63) is 22.4 Å². The Bertz CT molecular complexity index is 315. The number of aryl methyl sites for hydroxylation is 1. The number of carbonyl (C=O) groups is 1. The molecule has 94 valence electrons. The summed E-state index contributed by atoms with van der Waals surface area (Å²) in [6, 6.07) is 1.95. The molecule has 3 N–H and O–H groups in total. The summed E-state index contributed by atoms with van der Waals surface area (Å²) in [6.07, 6.45) is 11.7. The highest BCUT2D eigenvalue weighted by Gasteiger charge is 2.17. The van der Waals surface area contributed by atoms with E-state index >= 15 is 0 Å². The first kappa shape index (κ1) is 15.7. The Kier molecular flexibility index (Phi) is 9.12. The standard InChI is InChI=1S/C7H8O2S.C4H9N.C2H2/c8-7(9)2-1-6-3-4-10-5-6;5-3-4-1-2-4;1-2/h3-5H,1-2H2,(H,8,9);4H,1-3,5H2;1-2H. The molecule has 0 spiro atoms. The largest absolute Gasteiger partial charge is 0.481 e. The van der Waals surface area contributed by atoms with Crippen molar-refractivity contribution in [3.8, 4) is 12.8 Å². The molecule has 17 heavy (non-hydrogen) atoms. The van der Waals surface area contributed by atoms with Crippen molar-refractivity contribution in [1.29, 1.82) is 0 Å². The monoisotopic (exact) mass is 253 g/mol. The quantitative estimate of drug-likeness (QED) is 0.810. The van der Waals surface area contributed by atoms with E-state index in [2.05, 4.69) is 12.8 Å². The molecule has 0 amide bonds. The van der Waals surface area contributed by atoms with Crippen molar-refractivity contribution in [2.75, 3.05) is 6.54 Å². The molecular formula is C13H19NO2S. The third kappa shape index (κ3) is 9.61. The van der Waals surface area contributed by atoms with Crippen LogP contribution in [0.3, 0.4) is 0 Å². The molecule has 0 aromatic carbocycles. The number of carboxylic acids is 1. The first-order chi connectivity index (χ1) is 8.22. The number of rotatable bonds is 4. The Morgan fingerprint density at radius 3 is 2.47 bits per heavy atom. The van der Waals surface area contributed by atoms with Crippen LogP contribution in [-0.2, 0) is 11.2 Å². The van der Waals surface area contributed by atoms with Crippen LogP contribution < -0.4 is 5.73 Å². The predicted molar refractivity (Wildman–Crippen MR) is 71.9 cm³/mol. The zero-order valence-corrected chi connectivity index (χ0v) is 10.7. The van der Waals surface area contributed by atoms with Gasteiger partial charge in [-0.2, -0.15) is 11.3 Å². The first-order valence-electron chi connectivity index (χ1n) is 5.48. The van der Waals surface area contributed by atoms with Crippen LogP contribution in [0.15, 0.2) is 16.8 Å². The fourth-order valence-electron chi connectivity index (χ4n) is 1.04. The second kappa shape index (κ2) is 9.88. The van der Waals surface area contributed by atoms with Gasteiger partial charge in [0, 0.05) is 6.42 Å². The van der Waals surface area contributed by atoms with E-state index in [1.165, 1.54) is 12.8 Å². The lowest BCUT2D eigenvalue weighted by molar-refractivity contribution is -0.136. The molecule has 0 atom stereocenters. The Morgan fingerprint density at radius 1 is 1.53 bits per heavy atom. The van der Waals surface area contributed by atoms with Gasteiger partial charge in [0.15, 0.2) is 0 Å². The van der Waals surface area contributed by atoms with Crippen LogP contribution in [-0.4, -0.2) is 17.6 Å². The van der Waals surface area contributed by atoms with Crippen molar-refractivity contribution < 1.29 is 9.90 Å². The Balaban J connectivity index is 0.000000306. The summed E-state index contributed by atoms with van der Waals surface area (Å²) >= 11 is 1.60. The Labute approximate surface area is 107 Å². The molecule has 1 aromatic heterocycles. The number of thiophene rings is 1. The highest BCUT2D eigenvalue weighted by atomic mass is 32.1. The molecule has 1 saturated carbocycles. The van der Waals surface area contributed by atoms with Gasteiger partial charge in [0.1, 0.15) is 0 Å². The average Bonchev–Trinajstić information content (AvgIpc) is 3.05. The molecule has 0 radical (unpaired) electrons. The van der Waals surface area contributed by atoms with E-state index in [1.807, 2.05) is 16.8 Å².